The highest BCUT2D eigenvalue weighted by atomic mass is 32.2. The predicted octanol–water partition coefficient (Wildman–Crippen LogP) is 0.910. The summed E-state index contributed by atoms with van der Waals surface area (Å²) >= 11 is 1.87. The number of thioether (sulfide) groups is 1. The number of hydrogen-bond acceptors (Lipinski definition) is 3. The van der Waals surface area contributed by atoms with Crippen LogP contribution in [-0.4, -0.2) is 23.0 Å². The minimum atomic E-state index is -0.142. The summed E-state index contributed by atoms with van der Waals surface area (Å²) in [4.78, 5) is 11.0. The molecule has 0 saturated carbocycles. The number of carbonyl (C=O) groups excluding carboxylic acids is 1. The van der Waals surface area contributed by atoms with Crippen molar-refractivity contribution >= 4 is 17.7 Å². The van der Waals surface area contributed by atoms with Gasteiger partial charge in [-0.25, -0.2) is 0 Å². The van der Waals surface area contributed by atoms with E-state index in [2.05, 4.69) is 12.2 Å². The first-order valence-electron chi connectivity index (χ1n) is 4.02. The highest BCUT2D eigenvalue weighted by Crippen LogP contribution is 2.25. The maximum absolute atomic E-state index is 11.0. The quantitative estimate of drug-likeness (QED) is 0.694. The first kappa shape index (κ1) is 9.40. The van der Waals surface area contributed by atoms with E-state index in [0.29, 0.717) is 5.25 Å². The molecular weight excluding hydrogens is 172 g/mol. The third kappa shape index (κ3) is 2.42. The summed E-state index contributed by atoms with van der Waals surface area (Å²) < 4.78 is 0. The van der Waals surface area contributed by atoms with Gasteiger partial charge in [0.25, 0.3) is 0 Å². The third-order valence-corrected chi connectivity index (χ3v) is 3.29. The number of nitrogens with zero attached hydrogens (tertiary/aromatic N) is 1. The maximum Gasteiger partial charge on any atom is 0.234 e. The summed E-state index contributed by atoms with van der Waals surface area (Å²) in [5.74, 6) is 0.968. The molecule has 4 heteroatoms. The number of carbonyl (C=O) groups is 1. The molecule has 66 valence electrons. The van der Waals surface area contributed by atoms with E-state index in [4.69, 9.17) is 5.26 Å². The third-order valence-electron chi connectivity index (χ3n) is 1.96. The van der Waals surface area contributed by atoms with Gasteiger partial charge in [0.1, 0.15) is 6.42 Å². The highest BCUT2D eigenvalue weighted by Gasteiger charge is 2.24. The van der Waals surface area contributed by atoms with Crippen LogP contribution in [0.5, 0.6) is 0 Å². The van der Waals surface area contributed by atoms with Crippen LogP contribution in [0.3, 0.4) is 0 Å². The number of rotatable bonds is 2. The zero-order valence-electron chi connectivity index (χ0n) is 7.04. The van der Waals surface area contributed by atoms with Gasteiger partial charge in [0.15, 0.2) is 0 Å². The lowest BCUT2D eigenvalue weighted by Gasteiger charge is -2.14. The molecule has 0 aromatic heterocycles. The topological polar surface area (TPSA) is 52.9 Å². The SMILES string of the molecule is CC1SCCC1NC(=O)CC#N. The fourth-order valence-electron chi connectivity index (χ4n) is 1.25. The lowest BCUT2D eigenvalue weighted by atomic mass is 10.1. The molecule has 0 aromatic carbocycles. The van der Waals surface area contributed by atoms with Crippen molar-refractivity contribution in [3.05, 3.63) is 0 Å². The summed E-state index contributed by atoms with van der Waals surface area (Å²) in [5, 5.41) is 11.6. The second-order valence-electron chi connectivity index (χ2n) is 2.87. The van der Waals surface area contributed by atoms with Gasteiger partial charge in [-0.15, -0.1) is 0 Å². The van der Waals surface area contributed by atoms with Crippen LogP contribution in [-0.2, 0) is 4.79 Å². The second-order valence-corrected chi connectivity index (χ2v) is 4.36. The Morgan fingerprint density at radius 1 is 1.83 bits per heavy atom. The molecule has 0 aliphatic carbocycles. The van der Waals surface area contributed by atoms with Crippen LogP contribution in [0, 0.1) is 11.3 Å². The lowest BCUT2D eigenvalue weighted by Crippen LogP contribution is -2.37. The Morgan fingerprint density at radius 2 is 2.58 bits per heavy atom. The van der Waals surface area contributed by atoms with Gasteiger partial charge in [0.05, 0.1) is 6.07 Å². The Hall–Kier alpha value is -0.690. The van der Waals surface area contributed by atoms with Crippen molar-refractivity contribution in [1.29, 1.82) is 5.26 Å². The van der Waals surface area contributed by atoms with Crippen LogP contribution < -0.4 is 5.32 Å². The number of hydrogen-bond donors (Lipinski definition) is 1. The number of nitrogens with one attached hydrogen (secondary N) is 1. The molecule has 12 heavy (non-hydrogen) atoms. The Morgan fingerprint density at radius 3 is 3.08 bits per heavy atom. The molecule has 2 atom stereocenters. The van der Waals surface area contributed by atoms with Gasteiger partial charge in [-0.1, -0.05) is 6.92 Å². The molecule has 3 nitrogen and oxygen atoms in total. The summed E-state index contributed by atoms with van der Waals surface area (Å²) in [5.41, 5.74) is 0. The molecule has 1 aliphatic heterocycles. The van der Waals surface area contributed by atoms with Crippen molar-refractivity contribution < 1.29 is 4.79 Å². The zero-order chi connectivity index (χ0) is 8.97. The van der Waals surface area contributed by atoms with E-state index in [1.807, 2.05) is 17.8 Å². The standard InChI is InChI=1S/C8H12N2OS/c1-6-7(3-5-12-6)10-8(11)2-4-9/h6-7H,2-3,5H2,1H3,(H,10,11). The molecule has 0 bridgehead atoms. The van der Waals surface area contributed by atoms with E-state index in [9.17, 15) is 4.79 Å². The van der Waals surface area contributed by atoms with Gasteiger partial charge in [-0.05, 0) is 12.2 Å². The molecule has 2 unspecified atom stereocenters. The van der Waals surface area contributed by atoms with E-state index in [1.165, 1.54) is 0 Å². The first-order valence-corrected chi connectivity index (χ1v) is 5.07. The molecule has 1 rings (SSSR count). The average molecular weight is 184 g/mol. The Kier molecular flexibility index (Phi) is 3.42. The lowest BCUT2D eigenvalue weighted by molar-refractivity contribution is -0.120. The molecule has 1 amide bonds. The van der Waals surface area contributed by atoms with Gasteiger partial charge in [-0.2, -0.15) is 17.0 Å². The zero-order valence-corrected chi connectivity index (χ0v) is 7.86. The molecule has 0 aromatic rings. The fourth-order valence-corrected chi connectivity index (χ4v) is 2.45. The van der Waals surface area contributed by atoms with E-state index in [-0.39, 0.29) is 18.4 Å². The molecule has 1 saturated heterocycles. The monoisotopic (exact) mass is 184 g/mol. The summed E-state index contributed by atoms with van der Waals surface area (Å²) in [6.45, 7) is 2.11. The van der Waals surface area contributed by atoms with E-state index in [1.54, 1.807) is 0 Å². The van der Waals surface area contributed by atoms with Crippen LogP contribution in [0.15, 0.2) is 0 Å². The Labute approximate surface area is 76.5 Å². The van der Waals surface area contributed by atoms with Crippen LogP contribution in [0.25, 0.3) is 0 Å². The maximum atomic E-state index is 11.0. The molecule has 0 radical (unpaired) electrons. The van der Waals surface area contributed by atoms with Gasteiger partial charge in [0.2, 0.25) is 5.91 Å². The van der Waals surface area contributed by atoms with Crippen molar-refractivity contribution in [2.75, 3.05) is 5.75 Å². The first-order chi connectivity index (χ1) is 5.74. The largest absolute Gasteiger partial charge is 0.351 e. The fraction of sp³-hybridized carbons (Fsp3) is 0.750. The Bertz CT molecular complexity index is 212. The van der Waals surface area contributed by atoms with E-state index in [0.717, 1.165) is 12.2 Å². The normalized spacial score (nSPS) is 28.0. The van der Waals surface area contributed by atoms with Gasteiger partial charge < -0.3 is 5.32 Å². The van der Waals surface area contributed by atoms with Gasteiger partial charge >= 0.3 is 0 Å². The molecular formula is C8H12N2OS. The van der Waals surface area contributed by atoms with Crippen LogP contribution in [0.4, 0.5) is 0 Å². The molecule has 1 N–H and O–H groups in total. The number of amides is 1. The van der Waals surface area contributed by atoms with Crippen molar-refractivity contribution in [2.24, 2.45) is 0 Å². The smallest absolute Gasteiger partial charge is 0.234 e. The van der Waals surface area contributed by atoms with E-state index >= 15 is 0 Å². The van der Waals surface area contributed by atoms with Gasteiger partial charge in [0, 0.05) is 11.3 Å². The van der Waals surface area contributed by atoms with Crippen LogP contribution in [0.1, 0.15) is 19.8 Å². The van der Waals surface area contributed by atoms with Crippen molar-refractivity contribution in [3.8, 4) is 6.07 Å². The predicted molar refractivity (Wildman–Crippen MR) is 48.7 cm³/mol. The summed E-state index contributed by atoms with van der Waals surface area (Å²) in [6.07, 6.45) is 1.01. The van der Waals surface area contributed by atoms with Crippen molar-refractivity contribution in [3.63, 3.8) is 0 Å². The van der Waals surface area contributed by atoms with Crippen LogP contribution in [0.2, 0.25) is 0 Å². The molecule has 1 aliphatic rings. The molecule has 1 fully saturated rings. The van der Waals surface area contributed by atoms with Crippen LogP contribution >= 0.6 is 11.8 Å². The van der Waals surface area contributed by atoms with E-state index < -0.39 is 0 Å². The summed E-state index contributed by atoms with van der Waals surface area (Å²) in [6, 6.07) is 2.11. The molecule has 0 spiro atoms. The summed E-state index contributed by atoms with van der Waals surface area (Å²) in [7, 11) is 0. The highest BCUT2D eigenvalue weighted by molar-refractivity contribution is 8.00. The molecule has 1 heterocycles. The number of nitriles is 1. The second kappa shape index (κ2) is 4.36. The van der Waals surface area contributed by atoms with Crippen molar-refractivity contribution in [2.45, 2.75) is 31.1 Å². The van der Waals surface area contributed by atoms with Gasteiger partial charge in [-0.3, -0.25) is 4.79 Å². The Balaban J connectivity index is 2.31. The minimum Gasteiger partial charge on any atom is -0.351 e. The average Bonchev–Trinajstić information content (AvgIpc) is 2.37. The van der Waals surface area contributed by atoms with Crippen molar-refractivity contribution in [1.82, 2.24) is 5.32 Å². The minimum absolute atomic E-state index is 0.0200.